The van der Waals surface area contributed by atoms with Crippen molar-refractivity contribution in [3.05, 3.63) is 76.8 Å². The summed E-state index contributed by atoms with van der Waals surface area (Å²) < 4.78 is 15.7. The van der Waals surface area contributed by atoms with E-state index in [-0.39, 0.29) is 5.82 Å². The average molecular weight is 346 g/mol. The Hall–Kier alpha value is -2.14. The van der Waals surface area contributed by atoms with Crippen molar-refractivity contribution in [3.63, 3.8) is 0 Å². The molecule has 1 N–H and O–H groups in total. The molecule has 0 saturated heterocycles. The molecule has 0 radical (unpaired) electrons. The van der Waals surface area contributed by atoms with E-state index in [9.17, 15) is 4.39 Å². The van der Waals surface area contributed by atoms with Gasteiger partial charge >= 0.3 is 0 Å². The Balaban J connectivity index is 1.66. The highest BCUT2D eigenvalue weighted by Gasteiger charge is 2.01. The van der Waals surface area contributed by atoms with E-state index in [1.54, 1.807) is 16.9 Å². The summed E-state index contributed by atoms with van der Waals surface area (Å²) >= 11 is 3.15. The van der Waals surface area contributed by atoms with E-state index < -0.39 is 0 Å². The summed E-state index contributed by atoms with van der Waals surface area (Å²) in [7, 11) is 0. The van der Waals surface area contributed by atoms with Crippen LogP contribution in [0.25, 0.3) is 5.69 Å². The molecule has 1 heterocycles. The third-order valence-electron chi connectivity index (χ3n) is 3.12. The number of nitrogens with zero attached hydrogens (tertiary/aromatic N) is 2. The summed E-state index contributed by atoms with van der Waals surface area (Å²) in [5.41, 5.74) is 2.88. The Labute approximate surface area is 130 Å². The molecular weight excluding hydrogens is 333 g/mol. The summed E-state index contributed by atoms with van der Waals surface area (Å²) in [6.07, 6.45) is 3.64. The SMILES string of the molecule is Fc1cc(CNc2ccc(-n3cccn3)cc2)ccc1Br. The number of anilines is 1. The Bertz CT molecular complexity index is 724. The van der Waals surface area contributed by atoms with Crippen LogP contribution in [-0.4, -0.2) is 9.78 Å². The van der Waals surface area contributed by atoms with Gasteiger partial charge in [0.05, 0.1) is 10.2 Å². The van der Waals surface area contributed by atoms with E-state index in [0.717, 1.165) is 16.9 Å². The molecule has 0 aliphatic heterocycles. The number of benzene rings is 2. The number of halogens is 2. The minimum atomic E-state index is -0.247. The molecule has 3 aromatic rings. The van der Waals surface area contributed by atoms with E-state index in [0.29, 0.717) is 11.0 Å². The first-order valence-corrected chi connectivity index (χ1v) is 7.29. The molecule has 0 fully saturated rings. The van der Waals surface area contributed by atoms with Gasteiger partial charge in [-0.3, -0.25) is 0 Å². The van der Waals surface area contributed by atoms with Crippen molar-refractivity contribution in [3.8, 4) is 5.69 Å². The maximum atomic E-state index is 13.4. The molecular formula is C16H13BrFN3. The lowest BCUT2D eigenvalue weighted by atomic mass is 10.2. The van der Waals surface area contributed by atoms with Gasteiger partial charge in [-0.2, -0.15) is 5.10 Å². The molecule has 0 spiro atoms. The highest BCUT2D eigenvalue weighted by atomic mass is 79.9. The summed E-state index contributed by atoms with van der Waals surface area (Å²) in [6, 6.07) is 14.9. The fraction of sp³-hybridized carbons (Fsp3) is 0.0625. The first-order valence-electron chi connectivity index (χ1n) is 6.50. The van der Waals surface area contributed by atoms with Crippen LogP contribution in [0.3, 0.4) is 0 Å². The standard InChI is InChI=1S/C16H13BrFN3/c17-15-7-2-12(10-16(15)18)11-19-13-3-5-14(6-4-13)21-9-1-8-20-21/h1-10,19H,11H2. The highest BCUT2D eigenvalue weighted by molar-refractivity contribution is 9.10. The molecule has 106 valence electrons. The van der Waals surface area contributed by atoms with Crippen LogP contribution >= 0.6 is 15.9 Å². The Morgan fingerprint density at radius 2 is 1.95 bits per heavy atom. The van der Waals surface area contributed by atoms with Gasteiger partial charge in [-0.05, 0) is 64.0 Å². The predicted octanol–water partition coefficient (Wildman–Crippen LogP) is 4.39. The lowest BCUT2D eigenvalue weighted by Crippen LogP contribution is -2.00. The molecule has 21 heavy (non-hydrogen) atoms. The van der Waals surface area contributed by atoms with Crippen molar-refractivity contribution in [1.82, 2.24) is 9.78 Å². The third kappa shape index (κ3) is 3.31. The average Bonchev–Trinajstić information content (AvgIpc) is 3.03. The van der Waals surface area contributed by atoms with Crippen LogP contribution in [0.2, 0.25) is 0 Å². The fourth-order valence-electron chi connectivity index (χ4n) is 2.01. The second-order valence-electron chi connectivity index (χ2n) is 4.60. The lowest BCUT2D eigenvalue weighted by molar-refractivity contribution is 0.619. The van der Waals surface area contributed by atoms with Gasteiger partial charge in [0.25, 0.3) is 0 Å². The molecule has 1 aromatic heterocycles. The molecule has 0 atom stereocenters. The van der Waals surface area contributed by atoms with Crippen LogP contribution in [0.4, 0.5) is 10.1 Å². The zero-order valence-electron chi connectivity index (χ0n) is 11.1. The van der Waals surface area contributed by atoms with Crippen molar-refractivity contribution in [2.75, 3.05) is 5.32 Å². The Kier molecular flexibility index (Phi) is 4.01. The number of hydrogen-bond acceptors (Lipinski definition) is 2. The van der Waals surface area contributed by atoms with Crippen LogP contribution in [0.5, 0.6) is 0 Å². The quantitative estimate of drug-likeness (QED) is 0.760. The van der Waals surface area contributed by atoms with Gasteiger partial charge < -0.3 is 5.32 Å². The van der Waals surface area contributed by atoms with Crippen LogP contribution in [0, 0.1) is 5.82 Å². The van der Waals surface area contributed by atoms with E-state index in [2.05, 4.69) is 26.3 Å². The summed E-state index contributed by atoms with van der Waals surface area (Å²) in [4.78, 5) is 0. The van der Waals surface area contributed by atoms with Gasteiger partial charge in [-0.25, -0.2) is 9.07 Å². The Morgan fingerprint density at radius 1 is 1.14 bits per heavy atom. The minimum absolute atomic E-state index is 0.247. The normalized spacial score (nSPS) is 10.6. The molecule has 3 nitrogen and oxygen atoms in total. The monoisotopic (exact) mass is 345 g/mol. The van der Waals surface area contributed by atoms with E-state index in [1.807, 2.05) is 42.6 Å². The van der Waals surface area contributed by atoms with Gasteiger partial charge in [0, 0.05) is 24.6 Å². The predicted molar refractivity (Wildman–Crippen MR) is 85.0 cm³/mol. The largest absolute Gasteiger partial charge is 0.381 e. The molecule has 2 aromatic carbocycles. The lowest BCUT2D eigenvalue weighted by Gasteiger charge is -2.08. The van der Waals surface area contributed by atoms with E-state index in [1.165, 1.54) is 6.07 Å². The van der Waals surface area contributed by atoms with Crippen molar-refractivity contribution in [1.29, 1.82) is 0 Å². The minimum Gasteiger partial charge on any atom is -0.381 e. The van der Waals surface area contributed by atoms with Gasteiger partial charge in [0.1, 0.15) is 5.82 Å². The van der Waals surface area contributed by atoms with Crippen LogP contribution in [-0.2, 0) is 6.54 Å². The summed E-state index contributed by atoms with van der Waals surface area (Å²) in [5, 5.41) is 7.45. The molecule has 0 bridgehead atoms. The second kappa shape index (κ2) is 6.10. The van der Waals surface area contributed by atoms with Gasteiger partial charge in [0.15, 0.2) is 0 Å². The van der Waals surface area contributed by atoms with Crippen LogP contribution in [0.15, 0.2) is 65.4 Å². The van der Waals surface area contributed by atoms with E-state index >= 15 is 0 Å². The maximum absolute atomic E-state index is 13.4. The summed E-state index contributed by atoms with van der Waals surface area (Å²) in [6.45, 7) is 0.575. The number of hydrogen-bond donors (Lipinski definition) is 1. The fourth-order valence-corrected chi connectivity index (χ4v) is 2.25. The maximum Gasteiger partial charge on any atom is 0.137 e. The molecule has 0 unspecified atom stereocenters. The van der Waals surface area contributed by atoms with E-state index in [4.69, 9.17) is 0 Å². The van der Waals surface area contributed by atoms with Crippen molar-refractivity contribution < 1.29 is 4.39 Å². The van der Waals surface area contributed by atoms with Crippen LogP contribution < -0.4 is 5.32 Å². The molecule has 5 heteroatoms. The molecule has 0 aliphatic carbocycles. The highest BCUT2D eigenvalue weighted by Crippen LogP contribution is 2.18. The summed E-state index contributed by atoms with van der Waals surface area (Å²) in [5.74, 6) is -0.247. The third-order valence-corrected chi connectivity index (χ3v) is 3.76. The molecule has 0 amide bonds. The first-order chi connectivity index (χ1) is 10.2. The molecule has 0 aliphatic rings. The van der Waals surface area contributed by atoms with Crippen molar-refractivity contribution in [2.24, 2.45) is 0 Å². The zero-order chi connectivity index (χ0) is 14.7. The van der Waals surface area contributed by atoms with Crippen molar-refractivity contribution in [2.45, 2.75) is 6.54 Å². The van der Waals surface area contributed by atoms with Crippen LogP contribution in [0.1, 0.15) is 5.56 Å². The zero-order valence-corrected chi connectivity index (χ0v) is 12.7. The topological polar surface area (TPSA) is 29.9 Å². The first kappa shape index (κ1) is 13.8. The van der Waals surface area contributed by atoms with Gasteiger partial charge in [-0.1, -0.05) is 6.07 Å². The molecule has 3 rings (SSSR count). The number of nitrogens with one attached hydrogen (secondary N) is 1. The second-order valence-corrected chi connectivity index (χ2v) is 5.45. The molecule has 0 saturated carbocycles. The number of aromatic nitrogens is 2. The smallest absolute Gasteiger partial charge is 0.137 e. The van der Waals surface area contributed by atoms with Gasteiger partial charge in [0.2, 0.25) is 0 Å². The van der Waals surface area contributed by atoms with Crippen molar-refractivity contribution >= 4 is 21.6 Å². The number of rotatable bonds is 4. The van der Waals surface area contributed by atoms with Gasteiger partial charge in [-0.15, -0.1) is 0 Å². The Morgan fingerprint density at radius 3 is 2.62 bits per heavy atom.